The molecule has 0 aliphatic carbocycles. The largest absolute Gasteiger partial charge is 0.355 e. The van der Waals surface area contributed by atoms with E-state index in [4.69, 9.17) is 5.73 Å². The molecule has 6 heteroatoms. The van der Waals surface area contributed by atoms with E-state index in [-0.39, 0.29) is 17.9 Å². The molecule has 2 amide bonds. The molecule has 4 N–H and O–H groups in total. The van der Waals surface area contributed by atoms with Crippen LogP contribution in [0, 0.1) is 5.92 Å². The third-order valence-electron chi connectivity index (χ3n) is 4.93. The lowest BCUT2D eigenvalue weighted by Gasteiger charge is -2.14. The fourth-order valence-electron chi connectivity index (χ4n) is 3.22. The van der Waals surface area contributed by atoms with Gasteiger partial charge in [0.1, 0.15) is 0 Å². The van der Waals surface area contributed by atoms with E-state index in [1.54, 1.807) is 12.4 Å². The number of carbonyl (C=O) groups excluding carboxylic acids is 2. The van der Waals surface area contributed by atoms with Gasteiger partial charge in [-0.15, -0.1) is 0 Å². The van der Waals surface area contributed by atoms with Crippen LogP contribution < -0.4 is 16.4 Å². The van der Waals surface area contributed by atoms with Gasteiger partial charge in [0.15, 0.2) is 0 Å². The highest BCUT2D eigenvalue weighted by Crippen LogP contribution is 2.10. The fraction of sp³-hybridized carbons (Fsp3) is 0.696. The first-order valence-electron chi connectivity index (χ1n) is 11.2. The second kappa shape index (κ2) is 15.9. The minimum atomic E-state index is -0.382. The molecule has 0 fully saturated rings. The minimum Gasteiger partial charge on any atom is -0.355 e. The van der Waals surface area contributed by atoms with Gasteiger partial charge >= 0.3 is 0 Å². The lowest BCUT2D eigenvalue weighted by atomic mass is 10.0. The molecule has 0 bridgehead atoms. The topological polar surface area (TPSA) is 97.1 Å². The van der Waals surface area contributed by atoms with E-state index in [2.05, 4.69) is 29.5 Å². The second-order valence-corrected chi connectivity index (χ2v) is 8.24. The van der Waals surface area contributed by atoms with Crippen LogP contribution in [0.2, 0.25) is 0 Å². The van der Waals surface area contributed by atoms with Gasteiger partial charge in [-0.2, -0.15) is 0 Å². The molecule has 1 heterocycles. The highest BCUT2D eigenvalue weighted by molar-refractivity contribution is 5.81. The van der Waals surface area contributed by atoms with Crippen LogP contribution in [-0.4, -0.2) is 29.4 Å². The number of nitrogens with one attached hydrogen (secondary N) is 2. The van der Waals surface area contributed by atoms with Crippen LogP contribution >= 0.6 is 0 Å². The van der Waals surface area contributed by atoms with Crippen molar-refractivity contribution in [1.82, 2.24) is 15.6 Å². The summed E-state index contributed by atoms with van der Waals surface area (Å²) >= 11 is 0. The van der Waals surface area contributed by atoms with Crippen LogP contribution in [-0.2, 0) is 16.1 Å². The minimum absolute atomic E-state index is 0.0245. The maximum atomic E-state index is 11.8. The van der Waals surface area contributed by atoms with Crippen molar-refractivity contribution in [3.8, 4) is 0 Å². The Morgan fingerprint density at radius 3 is 2.14 bits per heavy atom. The summed E-state index contributed by atoms with van der Waals surface area (Å²) in [5.74, 6) is 0.540. The first kappa shape index (κ1) is 25.1. The summed E-state index contributed by atoms with van der Waals surface area (Å²) in [6.45, 7) is 5.45. The summed E-state index contributed by atoms with van der Waals surface area (Å²) in [7, 11) is 0. The molecule has 0 unspecified atom stereocenters. The average molecular weight is 405 g/mol. The standard InChI is InChI=1S/C23H40N4O2/c1-19(2)17-21(24)23(29)26-14-10-8-6-4-3-5-7-9-11-22(28)27-18-20-12-15-25-16-13-20/h12-13,15-16,19,21H,3-11,14,17-18,24H2,1-2H3,(H,26,29)(H,27,28)/t21-/m0/s1. The Balaban J connectivity index is 1.86. The molecule has 0 radical (unpaired) electrons. The van der Waals surface area contributed by atoms with Crippen molar-refractivity contribution < 1.29 is 9.59 Å². The third kappa shape index (κ3) is 13.8. The summed E-state index contributed by atoms with van der Waals surface area (Å²) in [4.78, 5) is 27.6. The molecular weight excluding hydrogens is 364 g/mol. The maximum Gasteiger partial charge on any atom is 0.236 e. The number of rotatable bonds is 16. The second-order valence-electron chi connectivity index (χ2n) is 8.24. The van der Waals surface area contributed by atoms with Gasteiger partial charge in [0.2, 0.25) is 11.8 Å². The summed E-state index contributed by atoms with van der Waals surface area (Å²) in [5, 5.41) is 5.88. The van der Waals surface area contributed by atoms with Crippen LogP contribution in [0.1, 0.15) is 83.6 Å². The molecule has 0 spiro atoms. The van der Waals surface area contributed by atoms with E-state index in [9.17, 15) is 9.59 Å². The van der Waals surface area contributed by atoms with E-state index >= 15 is 0 Å². The zero-order valence-corrected chi connectivity index (χ0v) is 18.3. The number of unbranched alkanes of at least 4 members (excludes halogenated alkanes) is 7. The van der Waals surface area contributed by atoms with Crippen molar-refractivity contribution in [3.05, 3.63) is 30.1 Å². The Kier molecular flexibility index (Phi) is 13.8. The van der Waals surface area contributed by atoms with Crippen molar-refractivity contribution in [1.29, 1.82) is 0 Å². The molecule has 1 rings (SSSR count). The van der Waals surface area contributed by atoms with Crippen molar-refractivity contribution in [2.45, 2.75) is 90.6 Å². The number of pyridine rings is 1. The number of hydrogen-bond donors (Lipinski definition) is 3. The number of nitrogens with zero attached hydrogens (tertiary/aromatic N) is 1. The Labute approximate surface area is 176 Å². The van der Waals surface area contributed by atoms with Gasteiger partial charge in [-0.1, -0.05) is 52.4 Å². The molecule has 164 valence electrons. The van der Waals surface area contributed by atoms with E-state index in [0.717, 1.165) is 44.2 Å². The van der Waals surface area contributed by atoms with Crippen molar-refractivity contribution in [3.63, 3.8) is 0 Å². The third-order valence-corrected chi connectivity index (χ3v) is 4.93. The Morgan fingerprint density at radius 2 is 1.52 bits per heavy atom. The summed E-state index contributed by atoms with van der Waals surface area (Å²) in [5.41, 5.74) is 6.94. The summed E-state index contributed by atoms with van der Waals surface area (Å²) in [6, 6.07) is 3.44. The highest BCUT2D eigenvalue weighted by Gasteiger charge is 2.13. The van der Waals surface area contributed by atoms with Gasteiger partial charge in [0, 0.05) is 31.9 Å². The molecular formula is C23H40N4O2. The SMILES string of the molecule is CC(C)C[C@H](N)C(=O)NCCCCCCCCCCC(=O)NCc1ccncc1. The summed E-state index contributed by atoms with van der Waals surface area (Å²) < 4.78 is 0. The van der Waals surface area contributed by atoms with Crippen LogP contribution in [0.3, 0.4) is 0 Å². The predicted octanol–water partition coefficient (Wildman–Crippen LogP) is 3.70. The van der Waals surface area contributed by atoms with Gasteiger partial charge in [-0.25, -0.2) is 0 Å². The smallest absolute Gasteiger partial charge is 0.236 e. The van der Waals surface area contributed by atoms with E-state index in [1.165, 1.54) is 25.7 Å². The lowest BCUT2D eigenvalue weighted by Crippen LogP contribution is -2.41. The molecule has 1 aromatic heterocycles. The van der Waals surface area contributed by atoms with Gasteiger partial charge in [0.05, 0.1) is 6.04 Å². The first-order chi connectivity index (χ1) is 14.0. The maximum absolute atomic E-state index is 11.8. The predicted molar refractivity (Wildman–Crippen MR) is 118 cm³/mol. The molecule has 0 aliphatic heterocycles. The zero-order valence-electron chi connectivity index (χ0n) is 18.3. The zero-order chi connectivity index (χ0) is 21.3. The molecule has 6 nitrogen and oxygen atoms in total. The van der Waals surface area contributed by atoms with Gasteiger partial charge in [-0.3, -0.25) is 14.6 Å². The molecule has 1 atom stereocenters. The van der Waals surface area contributed by atoms with Crippen LogP contribution in [0.5, 0.6) is 0 Å². The molecule has 0 aromatic carbocycles. The van der Waals surface area contributed by atoms with Gasteiger partial charge in [-0.05, 0) is 42.9 Å². The Bertz CT molecular complexity index is 563. The van der Waals surface area contributed by atoms with Crippen molar-refractivity contribution in [2.24, 2.45) is 11.7 Å². The van der Waals surface area contributed by atoms with Crippen LogP contribution in [0.25, 0.3) is 0 Å². The average Bonchev–Trinajstić information content (AvgIpc) is 2.70. The quantitative estimate of drug-likeness (QED) is 0.366. The molecule has 0 saturated heterocycles. The first-order valence-corrected chi connectivity index (χ1v) is 11.2. The lowest BCUT2D eigenvalue weighted by molar-refractivity contribution is -0.123. The normalized spacial score (nSPS) is 12.0. The van der Waals surface area contributed by atoms with Gasteiger partial charge < -0.3 is 16.4 Å². The van der Waals surface area contributed by atoms with Crippen LogP contribution in [0.15, 0.2) is 24.5 Å². The van der Waals surface area contributed by atoms with E-state index < -0.39 is 0 Å². The monoisotopic (exact) mass is 404 g/mol. The highest BCUT2D eigenvalue weighted by atomic mass is 16.2. The number of hydrogen-bond acceptors (Lipinski definition) is 4. The number of carbonyl (C=O) groups is 2. The van der Waals surface area contributed by atoms with Crippen molar-refractivity contribution in [2.75, 3.05) is 6.54 Å². The van der Waals surface area contributed by atoms with E-state index in [1.807, 2.05) is 12.1 Å². The Morgan fingerprint density at radius 1 is 0.931 bits per heavy atom. The molecule has 0 aliphatic rings. The van der Waals surface area contributed by atoms with Crippen LogP contribution in [0.4, 0.5) is 0 Å². The summed E-state index contributed by atoms with van der Waals surface area (Å²) in [6.07, 6.45) is 13.8. The molecule has 1 aromatic rings. The van der Waals surface area contributed by atoms with Crippen molar-refractivity contribution >= 4 is 11.8 Å². The Hall–Kier alpha value is -1.95. The fourth-order valence-corrected chi connectivity index (χ4v) is 3.22. The van der Waals surface area contributed by atoms with Gasteiger partial charge in [0.25, 0.3) is 0 Å². The molecule has 29 heavy (non-hydrogen) atoms. The number of aromatic nitrogens is 1. The van der Waals surface area contributed by atoms with E-state index in [0.29, 0.717) is 18.9 Å². The number of amides is 2. The number of nitrogens with two attached hydrogens (primary N) is 1. The molecule has 0 saturated carbocycles.